The summed E-state index contributed by atoms with van der Waals surface area (Å²) in [5, 5.41) is 11.0. The van der Waals surface area contributed by atoms with Crippen molar-refractivity contribution in [1.29, 1.82) is 0 Å². The molecule has 0 spiro atoms. The van der Waals surface area contributed by atoms with Gasteiger partial charge in [0.2, 0.25) is 0 Å². The molecule has 1 aliphatic rings. The van der Waals surface area contributed by atoms with Gasteiger partial charge in [-0.1, -0.05) is 60.7 Å². The lowest BCUT2D eigenvalue weighted by Crippen LogP contribution is -2.29. The number of anilines is 1. The molecule has 1 aliphatic heterocycles. The van der Waals surface area contributed by atoms with Crippen LogP contribution in [0.5, 0.6) is 5.75 Å². The number of hydrogen-bond donors (Lipinski definition) is 1. The topological polar surface area (TPSA) is 66.8 Å². The molecule has 0 unspecified atom stereocenters. The number of benzene rings is 3. The summed E-state index contributed by atoms with van der Waals surface area (Å²) in [6.45, 7) is 0. The Morgan fingerprint density at radius 3 is 2.03 bits per heavy atom. The molecule has 5 nitrogen and oxygen atoms in total. The second kappa shape index (κ2) is 7.64. The molecule has 1 fully saturated rings. The van der Waals surface area contributed by atoms with Gasteiger partial charge in [-0.3, -0.25) is 14.5 Å². The first-order valence-electron chi connectivity index (χ1n) is 9.17. The molecule has 0 bridgehead atoms. The van der Waals surface area contributed by atoms with Gasteiger partial charge in [0.25, 0.3) is 11.7 Å². The van der Waals surface area contributed by atoms with Crippen molar-refractivity contribution in [2.45, 2.75) is 6.04 Å². The number of aliphatic hydroxyl groups is 1. The average molecular weight is 385 g/mol. The number of carbonyl (C=O) groups excluding carboxylic acids is 2. The van der Waals surface area contributed by atoms with E-state index in [-0.39, 0.29) is 11.3 Å². The first-order valence-corrected chi connectivity index (χ1v) is 9.17. The largest absolute Gasteiger partial charge is 0.507 e. The van der Waals surface area contributed by atoms with E-state index >= 15 is 0 Å². The minimum atomic E-state index is -0.747. The Hall–Kier alpha value is -3.86. The van der Waals surface area contributed by atoms with E-state index in [9.17, 15) is 14.7 Å². The van der Waals surface area contributed by atoms with Crippen LogP contribution in [-0.4, -0.2) is 23.9 Å². The lowest BCUT2D eigenvalue weighted by atomic mass is 9.95. The van der Waals surface area contributed by atoms with Gasteiger partial charge in [-0.2, -0.15) is 0 Å². The van der Waals surface area contributed by atoms with Crippen LogP contribution in [-0.2, 0) is 9.59 Å². The number of para-hydroxylation sites is 1. The lowest BCUT2D eigenvalue weighted by Gasteiger charge is -2.25. The van der Waals surface area contributed by atoms with Crippen LogP contribution < -0.4 is 9.64 Å². The molecule has 0 aliphatic carbocycles. The van der Waals surface area contributed by atoms with Gasteiger partial charge in [0, 0.05) is 11.3 Å². The van der Waals surface area contributed by atoms with Crippen LogP contribution >= 0.6 is 0 Å². The summed E-state index contributed by atoms with van der Waals surface area (Å²) in [5.74, 6) is -0.915. The Morgan fingerprint density at radius 2 is 1.45 bits per heavy atom. The molecular weight excluding hydrogens is 366 g/mol. The molecule has 3 aromatic rings. The number of amides is 1. The van der Waals surface area contributed by atoms with E-state index < -0.39 is 17.7 Å². The number of ketones is 1. The van der Waals surface area contributed by atoms with Gasteiger partial charge in [0.15, 0.2) is 0 Å². The van der Waals surface area contributed by atoms with Crippen molar-refractivity contribution in [3.05, 3.63) is 102 Å². The third-order valence-corrected chi connectivity index (χ3v) is 4.96. The zero-order valence-electron chi connectivity index (χ0n) is 15.8. The van der Waals surface area contributed by atoms with Gasteiger partial charge >= 0.3 is 0 Å². The minimum absolute atomic E-state index is 0.0650. The molecule has 0 saturated carbocycles. The van der Waals surface area contributed by atoms with Gasteiger partial charge in [0.05, 0.1) is 18.7 Å². The fourth-order valence-corrected chi connectivity index (χ4v) is 3.54. The van der Waals surface area contributed by atoms with Gasteiger partial charge in [-0.15, -0.1) is 0 Å². The summed E-state index contributed by atoms with van der Waals surface area (Å²) in [6, 6.07) is 24.1. The Kier molecular flexibility index (Phi) is 4.87. The number of methoxy groups -OCH3 is 1. The molecule has 0 radical (unpaired) electrons. The molecule has 1 heterocycles. The van der Waals surface area contributed by atoms with Crippen LogP contribution in [0.2, 0.25) is 0 Å². The number of ether oxygens (including phenoxy) is 1. The Morgan fingerprint density at radius 1 is 0.862 bits per heavy atom. The summed E-state index contributed by atoms with van der Waals surface area (Å²) in [5.41, 5.74) is 1.83. The van der Waals surface area contributed by atoms with E-state index in [1.54, 1.807) is 79.9 Å². The molecule has 1 N–H and O–H groups in total. The van der Waals surface area contributed by atoms with Crippen LogP contribution in [0.1, 0.15) is 17.2 Å². The SMILES string of the molecule is COc1ccc([C@@H]2C(=C(O)c3ccccc3)C(=O)C(=O)N2c2ccccc2)cc1. The van der Waals surface area contributed by atoms with Crippen molar-refractivity contribution < 1.29 is 19.4 Å². The molecule has 1 amide bonds. The number of Topliss-reactive ketones (excluding diaryl/α,β-unsaturated/α-hetero) is 1. The van der Waals surface area contributed by atoms with Crippen LogP contribution in [0.25, 0.3) is 5.76 Å². The molecule has 4 rings (SSSR count). The summed E-state index contributed by atoms with van der Waals surface area (Å²) < 4.78 is 5.22. The maximum absolute atomic E-state index is 13.0. The molecule has 5 heteroatoms. The first-order chi connectivity index (χ1) is 14.1. The Bertz CT molecular complexity index is 1070. The molecule has 1 atom stereocenters. The summed E-state index contributed by atoms with van der Waals surface area (Å²) >= 11 is 0. The van der Waals surface area contributed by atoms with Crippen molar-refractivity contribution in [3.8, 4) is 5.75 Å². The first kappa shape index (κ1) is 18.5. The van der Waals surface area contributed by atoms with Crippen LogP contribution in [0, 0.1) is 0 Å². The van der Waals surface area contributed by atoms with E-state index in [4.69, 9.17) is 4.74 Å². The van der Waals surface area contributed by atoms with E-state index in [2.05, 4.69) is 0 Å². The van der Waals surface area contributed by atoms with Crippen molar-refractivity contribution in [3.63, 3.8) is 0 Å². The smallest absolute Gasteiger partial charge is 0.300 e. The van der Waals surface area contributed by atoms with E-state index in [0.29, 0.717) is 22.6 Å². The van der Waals surface area contributed by atoms with Crippen LogP contribution in [0.4, 0.5) is 5.69 Å². The normalized spacial score (nSPS) is 18.1. The molecule has 0 aromatic heterocycles. The fraction of sp³-hybridized carbons (Fsp3) is 0.0833. The third-order valence-electron chi connectivity index (χ3n) is 4.96. The van der Waals surface area contributed by atoms with Crippen LogP contribution in [0.3, 0.4) is 0 Å². The van der Waals surface area contributed by atoms with E-state index in [0.717, 1.165) is 0 Å². The lowest BCUT2D eigenvalue weighted by molar-refractivity contribution is -0.132. The van der Waals surface area contributed by atoms with Crippen molar-refractivity contribution in [2.24, 2.45) is 0 Å². The zero-order chi connectivity index (χ0) is 20.4. The van der Waals surface area contributed by atoms with Crippen LogP contribution in [0.15, 0.2) is 90.5 Å². The minimum Gasteiger partial charge on any atom is -0.507 e. The molecular formula is C24H19NO4. The second-order valence-corrected chi connectivity index (χ2v) is 6.64. The highest BCUT2D eigenvalue weighted by Crippen LogP contribution is 2.42. The van der Waals surface area contributed by atoms with Crippen molar-refractivity contribution in [1.82, 2.24) is 0 Å². The van der Waals surface area contributed by atoms with Gasteiger partial charge in [-0.05, 0) is 29.8 Å². The highest BCUT2D eigenvalue weighted by atomic mass is 16.5. The maximum atomic E-state index is 13.0. The maximum Gasteiger partial charge on any atom is 0.300 e. The standard InChI is InChI=1S/C24H19NO4/c1-29-19-14-12-16(13-15-19)21-20(22(26)17-8-4-2-5-9-17)23(27)24(28)25(21)18-10-6-3-7-11-18/h2-15,21,26H,1H3/t21-/m1/s1. The predicted molar refractivity (Wildman–Crippen MR) is 111 cm³/mol. The summed E-state index contributed by atoms with van der Waals surface area (Å²) in [4.78, 5) is 27.4. The molecule has 1 saturated heterocycles. The van der Waals surface area contributed by atoms with Gasteiger partial charge < -0.3 is 9.84 Å². The number of carbonyl (C=O) groups is 2. The average Bonchev–Trinajstić information content (AvgIpc) is 3.05. The zero-order valence-corrected chi connectivity index (χ0v) is 15.8. The van der Waals surface area contributed by atoms with Gasteiger partial charge in [0.1, 0.15) is 11.5 Å². The number of hydrogen-bond acceptors (Lipinski definition) is 4. The van der Waals surface area contributed by atoms with Gasteiger partial charge in [-0.25, -0.2) is 0 Å². The number of nitrogens with zero attached hydrogens (tertiary/aromatic N) is 1. The highest BCUT2D eigenvalue weighted by molar-refractivity contribution is 6.51. The van der Waals surface area contributed by atoms with Crippen molar-refractivity contribution >= 4 is 23.1 Å². The number of aliphatic hydroxyl groups excluding tert-OH is 1. The monoisotopic (exact) mass is 385 g/mol. The summed E-state index contributed by atoms with van der Waals surface area (Å²) in [7, 11) is 1.57. The van der Waals surface area contributed by atoms with Crippen molar-refractivity contribution in [2.75, 3.05) is 12.0 Å². The number of rotatable bonds is 4. The molecule has 3 aromatic carbocycles. The Balaban J connectivity index is 1.93. The molecule has 29 heavy (non-hydrogen) atoms. The van der Waals surface area contributed by atoms with E-state index in [1.165, 1.54) is 4.90 Å². The highest BCUT2D eigenvalue weighted by Gasteiger charge is 2.46. The summed E-state index contributed by atoms with van der Waals surface area (Å²) in [6.07, 6.45) is 0. The molecule has 144 valence electrons. The fourth-order valence-electron chi connectivity index (χ4n) is 3.54. The second-order valence-electron chi connectivity index (χ2n) is 6.64. The van der Waals surface area contributed by atoms with E-state index in [1.807, 2.05) is 12.1 Å². The quantitative estimate of drug-likeness (QED) is 0.413. The Labute approximate surface area is 168 Å². The third kappa shape index (κ3) is 3.27. The predicted octanol–water partition coefficient (Wildman–Crippen LogP) is 4.32.